The summed E-state index contributed by atoms with van der Waals surface area (Å²) in [6, 6.07) is 11.5. The van der Waals surface area contributed by atoms with Crippen LogP contribution >= 0.6 is 0 Å². The zero-order valence-electron chi connectivity index (χ0n) is 16.5. The van der Waals surface area contributed by atoms with Gasteiger partial charge in [-0.15, -0.1) is 0 Å². The zero-order valence-corrected chi connectivity index (χ0v) is 16.5. The number of nitrogens with one attached hydrogen (secondary N) is 2. The summed E-state index contributed by atoms with van der Waals surface area (Å²) in [5, 5.41) is 11.7. The average molecular weight is 379 g/mol. The summed E-state index contributed by atoms with van der Waals surface area (Å²) in [5.74, 6) is 3.03. The third-order valence-corrected chi connectivity index (χ3v) is 7.86. The topological polar surface area (TPSA) is 63.0 Å². The molecule has 148 valence electrons. The number of hydrogen-bond acceptors (Lipinski definition) is 5. The molecule has 5 heteroatoms. The van der Waals surface area contributed by atoms with Gasteiger partial charge in [0.05, 0.1) is 0 Å². The van der Waals surface area contributed by atoms with E-state index in [0.29, 0.717) is 23.3 Å². The van der Waals surface area contributed by atoms with Crippen molar-refractivity contribution in [3.05, 3.63) is 47.6 Å². The quantitative estimate of drug-likeness (QED) is 0.806. The molecule has 0 amide bonds. The molecule has 4 fully saturated rings. The minimum atomic E-state index is 0.127. The fraction of sp³-hybridized carbons (Fsp3) is 0.652. The minimum Gasteiger partial charge on any atom is -0.339 e. The lowest BCUT2D eigenvalue weighted by atomic mass is 9.58. The lowest BCUT2D eigenvalue weighted by Crippen LogP contribution is -2.44. The molecule has 2 N–H and O–H groups in total. The van der Waals surface area contributed by atoms with E-state index in [4.69, 9.17) is 9.51 Å². The molecule has 1 aromatic heterocycles. The van der Waals surface area contributed by atoms with E-state index < -0.39 is 0 Å². The molecule has 4 aliphatic rings. The fourth-order valence-electron chi connectivity index (χ4n) is 5.59. The van der Waals surface area contributed by atoms with E-state index in [1.165, 1.54) is 63.6 Å². The molecule has 0 unspecified atom stereocenters. The summed E-state index contributed by atoms with van der Waals surface area (Å²) < 4.78 is 5.74. The Kier molecular flexibility index (Phi) is 3.92. The summed E-state index contributed by atoms with van der Waals surface area (Å²) in [5.41, 5.74) is 2.15. The van der Waals surface area contributed by atoms with Gasteiger partial charge in [-0.1, -0.05) is 35.5 Å². The second kappa shape index (κ2) is 6.39. The highest BCUT2D eigenvalue weighted by molar-refractivity contribution is 5.28. The molecule has 0 bridgehead atoms. The molecular weight excluding hydrogens is 348 g/mol. The highest BCUT2D eigenvalue weighted by Crippen LogP contribution is 2.56. The van der Waals surface area contributed by atoms with Crippen LogP contribution in [0.1, 0.15) is 74.1 Å². The number of piperidine rings is 1. The van der Waals surface area contributed by atoms with Crippen LogP contribution < -0.4 is 10.6 Å². The van der Waals surface area contributed by atoms with Gasteiger partial charge in [0, 0.05) is 29.8 Å². The highest BCUT2D eigenvalue weighted by atomic mass is 16.5. The van der Waals surface area contributed by atoms with Gasteiger partial charge >= 0.3 is 0 Å². The Morgan fingerprint density at radius 1 is 1.07 bits per heavy atom. The normalized spacial score (nSPS) is 30.1. The Morgan fingerprint density at radius 3 is 2.61 bits per heavy atom. The van der Waals surface area contributed by atoms with Crippen molar-refractivity contribution in [1.29, 1.82) is 0 Å². The van der Waals surface area contributed by atoms with Gasteiger partial charge in [-0.25, -0.2) is 0 Å². The molecular formula is C23H30N4O. The van der Waals surface area contributed by atoms with Crippen molar-refractivity contribution in [3.63, 3.8) is 0 Å². The van der Waals surface area contributed by atoms with Gasteiger partial charge in [0.1, 0.15) is 0 Å². The van der Waals surface area contributed by atoms with Gasteiger partial charge in [0.25, 0.3) is 0 Å². The van der Waals surface area contributed by atoms with Crippen LogP contribution in [0.15, 0.2) is 34.9 Å². The molecule has 2 atom stereocenters. The Bertz CT molecular complexity index is 829. The van der Waals surface area contributed by atoms with E-state index in [0.717, 1.165) is 18.3 Å². The van der Waals surface area contributed by atoms with E-state index in [2.05, 4.69) is 46.1 Å². The van der Waals surface area contributed by atoms with E-state index in [-0.39, 0.29) is 5.41 Å². The van der Waals surface area contributed by atoms with E-state index >= 15 is 0 Å². The van der Waals surface area contributed by atoms with Crippen molar-refractivity contribution in [2.75, 3.05) is 19.6 Å². The van der Waals surface area contributed by atoms with E-state index in [1.807, 2.05) is 0 Å². The predicted octanol–water partition coefficient (Wildman–Crippen LogP) is 3.49. The van der Waals surface area contributed by atoms with Gasteiger partial charge in [-0.2, -0.15) is 4.98 Å². The van der Waals surface area contributed by atoms with E-state index in [9.17, 15) is 0 Å². The minimum absolute atomic E-state index is 0.127. The second-order valence-corrected chi connectivity index (χ2v) is 9.83. The summed E-state index contributed by atoms with van der Waals surface area (Å²) in [6.07, 6.45) is 8.70. The van der Waals surface area contributed by atoms with Crippen LogP contribution in [0.2, 0.25) is 0 Å². The first kappa shape index (κ1) is 17.2. The monoisotopic (exact) mass is 378 g/mol. The van der Waals surface area contributed by atoms with Crippen LogP contribution in [0.25, 0.3) is 0 Å². The highest BCUT2D eigenvalue weighted by Gasteiger charge is 2.52. The summed E-state index contributed by atoms with van der Waals surface area (Å²) in [6.45, 7) is 3.32. The fourth-order valence-corrected chi connectivity index (χ4v) is 5.59. The number of nitrogens with zero attached hydrogens (tertiary/aromatic N) is 2. The van der Waals surface area contributed by atoms with Gasteiger partial charge in [0.15, 0.2) is 5.82 Å². The van der Waals surface area contributed by atoms with Crippen molar-refractivity contribution in [2.24, 2.45) is 5.41 Å². The van der Waals surface area contributed by atoms with Gasteiger partial charge in [-0.3, -0.25) is 0 Å². The number of rotatable bonds is 6. The molecule has 3 aliphatic carbocycles. The molecule has 2 aromatic rings. The van der Waals surface area contributed by atoms with Crippen LogP contribution in [0.5, 0.6) is 0 Å². The Morgan fingerprint density at radius 2 is 1.86 bits per heavy atom. The number of benzene rings is 1. The maximum absolute atomic E-state index is 5.74. The maximum atomic E-state index is 5.74. The molecule has 3 saturated carbocycles. The molecule has 0 radical (unpaired) electrons. The second-order valence-electron chi connectivity index (χ2n) is 9.83. The average Bonchev–Trinajstić information content (AvgIpc) is 3.63. The van der Waals surface area contributed by atoms with Gasteiger partial charge in [0.2, 0.25) is 5.89 Å². The Balaban J connectivity index is 1.05. The van der Waals surface area contributed by atoms with Crippen LogP contribution in [0, 0.1) is 5.41 Å². The van der Waals surface area contributed by atoms with Crippen molar-refractivity contribution in [3.8, 4) is 0 Å². The smallest absolute Gasteiger partial charge is 0.229 e. The summed E-state index contributed by atoms with van der Waals surface area (Å²) >= 11 is 0. The first-order valence-electron chi connectivity index (χ1n) is 11.1. The number of aromatic nitrogens is 2. The molecule has 5 nitrogen and oxygen atoms in total. The summed E-state index contributed by atoms with van der Waals surface area (Å²) in [4.78, 5) is 4.89. The van der Waals surface area contributed by atoms with Crippen molar-refractivity contribution in [1.82, 2.24) is 20.8 Å². The van der Waals surface area contributed by atoms with Crippen LogP contribution in [-0.2, 0) is 5.41 Å². The maximum Gasteiger partial charge on any atom is 0.229 e. The number of hydrogen-bond donors (Lipinski definition) is 2. The zero-order chi connectivity index (χ0) is 18.6. The molecule has 1 aliphatic heterocycles. The molecule has 6 rings (SSSR count). The summed E-state index contributed by atoms with van der Waals surface area (Å²) in [7, 11) is 0. The largest absolute Gasteiger partial charge is 0.339 e. The molecule has 1 aromatic carbocycles. The lowest BCUT2D eigenvalue weighted by molar-refractivity contribution is 0.0461. The molecule has 28 heavy (non-hydrogen) atoms. The van der Waals surface area contributed by atoms with Crippen molar-refractivity contribution >= 4 is 0 Å². The van der Waals surface area contributed by atoms with Crippen molar-refractivity contribution in [2.45, 2.75) is 68.2 Å². The predicted molar refractivity (Wildman–Crippen MR) is 107 cm³/mol. The third-order valence-electron chi connectivity index (χ3n) is 7.86. The van der Waals surface area contributed by atoms with Gasteiger partial charge < -0.3 is 15.2 Å². The molecule has 1 spiro atoms. The SMILES string of the molecule is c1ccc([C@H]2C[C@@H]2NCC2(c3noc(C4CC5(CCNCC5)C4)n3)CC2)cc1. The van der Waals surface area contributed by atoms with E-state index in [1.54, 1.807) is 0 Å². The Labute approximate surface area is 166 Å². The first-order chi connectivity index (χ1) is 13.8. The van der Waals surface area contributed by atoms with Crippen LogP contribution in [0.4, 0.5) is 0 Å². The molecule has 2 heterocycles. The Hall–Kier alpha value is -1.72. The first-order valence-corrected chi connectivity index (χ1v) is 11.1. The standard InChI is InChI=1S/C23H30N4O/c1-2-4-16(5-3-1)18-12-19(18)25-15-23(6-7-23)21-26-20(28-27-21)17-13-22(14-17)8-10-24-11-9-22/h1-5,17-19,24-25H,6-15H2/t18-,19+/m1/s1. The van der Waals surface area contributed by atoms with Crippen molar-refractivity contribution < 1.29 is 4.52 Å². The third kappa shape index (κ3) is 3.00. The molecule has 1 saturated heterocycles. The van der Waals surface area contributed by atoms with Gasteiger partial charge in [-0.05, 0) is 69.0 Å². The lowest BCUT2D eigenvalue weighted by Gasteiger charge is -2.49. The van der Waals surface area contributed by atoms with Crippen LogP contribution in [0.3, 0.4) is 0 Å². The van der Waals surface area contributed by atoms with Crippen LogP contribution in [-0.4, -0.2) is 35.8 Å².